The Hall–Kier alpha value is -2.76. The van der Waals surface area contributed by atoms with Gasteiger partial charge in [-0.3, -0.25) is 14.9 Å². The van der Waals surface area contributed by atoms with Crippen LogP contribution in [0.15, 0.2) is 30.3 Å². The Morgan fingerprint density at radius 3 is 2.76 bits per heavy atom. The van der Waals surface area contributed by atoms with E-state index in [0.29, 0.717) is 18.4 Å². The van der Waals surface area contributed by atoms with Crippen LogP contribution in [0.1, 0.15) is 34.8 Å². The van der Waals surface area contributed by atoms with Crippen LogP contribution >= 0.6 is 0 Å². The van der Waals surface area contributed by atoms with E-state index in [1.165, 1.54) is 6.07 Å². The largest absolute Gasteiger partial charge is 0.477 e. The molecule has 0 bridgehead atoms. The average Bonchev–Trinajstić information content (AvgIpc) is 2.46. The summed E-state index contributed by atoms with van der Waals surface area (Å²) in [5.41, 5.74) is 1.25. The van der Waals surface area contributed by atoms with E-state index in [1.54, 1.807) is 18.2 Å². The summed E-state index contributed by atoms with van der Waals surface area (Å²) in [6.45, 7) is 0. The third kappa shape index (κ3) is 2.35. The van der Waals surface area contributed by atoms with Gasteiger partial charge in [-0.2, -0.15) is 0 Å². The van der Waals surface area contributed by atoms with Crippen LogP contribution in [0.4, 0.5) is 0 Å². The fourth-order valence-corrected chi connectivity index (χ4v) is 2.59. The van der Waals surface area contributed by atoms with E-state index in [0.717, 1.165) is 10.9 Å². The highest BCUT2D eigenvalue weighted by Crippen LogP contribution is 2.30. The molecule has 1 aliphatic heterocycles. The monoisotopic (exact) mass is 284 g/mol. The van der Waals surface area contributed by atoms with Crippen LogP contribution in [0, 0.1) is 0 Å². The topological polar surface area (TPSA) is 96.4 Å². The smallest absolute Gasteiger partial charge is 0.354 e. The Morgan fingerprint density at radius 2 is 2.05 bits per heavy atom. The zero-order valence-corrected chi connectivity index (χ0v) is 11.0. The molecule has 3 rings (SSSR count). The van der Waals surface area contributed by atoms with Crippen molar-refractivity contribution in [1.29, 1.82) is 0 Å². The highest BCUT2D eigenvalue weighted by atomic mass is 16.4. The van der Waals surface area contributed by atoms with E-state index in [9.17, 15) is 14.4 Å². The minimum atomic E-state index is -1.09. The normalized spacial score (nSPS) is 18.6. The average molecular weight is 284 g/mol. The number of pyridine rings is 1. The Morgan fingerprint density at radius 1 is 1.24 bits per heavy atom. The number of benzene rings is 1. The zero-order chi connectivity index (χ0) is 15.0. The van der Waals surface area contributed by atoms with E-state index >= 15 is 0 Å². The molecule has 0 saturated carbocycles. The fourth-order valence-electron chi connectivity index (χ4n) is 2.59. The second kappa shape index (κ2) is 4.97. The van der Waals surface area contributed by atoms with Gasteiger partial charge in [0.25, 0.3) is 0 Å². The van der Waals surface area contributed by atoms with Gasteiger partial charge in [-0.05, 0) is 24.1 Å². The molecule has 0 spiro atoms. The summed E-state index contributed by atoms with van der Waals surface area (Å²) >= 11 is 0. The first-order valence-electron chi connectivity index (χ1n) is 6.53. The highest BCUT2D eigenvalue weighted by molar-refractivity contribution is 6.03. The summed E-state index contributed by atoms with van der Waals surface area (Å²) in [6.07, 6.45) is 0.748. The van der Waals surface area contributed by atoms with Crippen LogP contribution in [0.2, 0.25) is 0 Å². The third-order valence-corrected chi connectivity index (χ3v) is 3.60. The molecule has 1 saturated heterocycles. The number of carbonyl (C=O) groups excluding carboxylic acids is 2. The van der Waals surface area contributed by atoms with Crippen LogP contribution in [-0.2, 0) is 9.59 Å². The van der Waals surface area contributed by atoms with Gasteiger partial charge in [0.05, 0.1) is 11.4 Å². The van der Waals surface area contributed by atoms with Gasteiger partial charge in [-0.25, -0.2) is 9.78 Å². The number of rotatable bonds is 2. The van der Waals surface area contributed by atoms with E-state index in [-0.39, 0.29) is 17.5 Å². The standard InChI is InChI=1S/C15H12N2O4/c18-13-7-5-10(14(19)17-13)8-2-1-3-11-9(8)4-6-12(16-11)15(20)21/h1-4,6,10H,5,7H2,(H,20,21)(H,17,18,19). The second-order valence-electron chi connectivity index (χ2n) is 4.92. The molecule has 1 unspecified atom stereocenters. The van der Waals surface area contributed by atoms with Crippen LogP contribution in [0.5, 0.6) is 0 Å². The van der Waals surface area contributed by atoms with Crippen LogP contribution < -0.4 is 5.32 Å². The third-order valence-electron chi connectivity index (χ3n) is 3.60. The molecule has 2 N–H and O–H groups in total. The molecule has 1 atom stereocenters. The van der Waals surface area contributed by atoms with Gasteiger partial charge in [-0.1, -0.05) is 18.2 Å². The van der Waals surface area contributed by atoms with Crippen molar-refractivity contribution in [3.8, 4) is 0 Å². The Bertz CT molecular complexity index is 769. The number of carboxylic acids is 1. The van der Waals surface area contributed by atoms with Gasteiger partial charge in [0, 0.05) is 11.8 Å². The number of hydrogen-bond acceptors (Lipinski definition) is 4. The van der Waals surface area contributed by atoms with Crippen molar-refractivity contribution in [2.24, 2.45) is 0 Å². The van der Waals surface area contributed by atoms with Crippen LogP contribution in [0.3, 0.4) is 0 Å². The van der Waals surface area contributed by atoms with Gasteiger partial charge < -0.3 is 5.11 Å². The van der Waals surface area contributed by atoms with Gasteiger partial charge in [-0.15, -0.1) is 0 Å². The quantitative estimate of drug-likeness (QED) is 0.814. The summed E-state index contributed by atoms with van der Waals surface area (Å²) < 4.78 is 0. The van der Waals surface area contributed by atoms with E-state index in [1.807, 2.05) is 6.07 Å². The number of nitrogens with zero attached hydrogens (tertiary/aromatic N) is 1. The molecule has 106 valence electrons. The number of hydrogen-bond donors (Lipinski definition) is 2. The van der Waals surface area contributed by atoms with Gasteiger partial charge in [0.1, 0.15) is 5.69 Å². The lowest BCUT2D eigenvalue weighted by molar-refractivity contribution is -0.134. The zero-order valence-electron chi connectivity index (χ0n) is 11.0. The van der Waals surface area contributed by atoms with Crippen molar-refractivity contribution < 1.29 is 19.5 Å². The molecular weight excluding hydrogens is 272 g/mol. The summed E-state index contributed by atoms with van der Waals surface area (Å²) in [5.74, 6) is -2.09. The van der Waals surface area contributed by atoms with Crippen LogP contribution in [-0.4, -0.2) is 27.9 Å². The van der Waals surface area contributed by atoms with Crippen molar-refractivity contribution in [3.63, 3.8) is 0 Å². The summed E-state index contributed by atoms with van der Waals surface area (Å²) in [6, 6.07) is 8.33. The van der Waals surface area contributed by atoms with Crippen molar-refractivity contribution in [1.82, 2.24) is 10.3 Å². The maximum absolute atomic E-state index is 12.0. The molecule has 2 amide bonds. The first-order valence-corrected chi connectivity index (χ1v) is 6.53. The number of aromatic carboxylic acids is 1. The number of nitrogens with one attached hydrogen (secondary N) is 1. The number of fused-ring (bicyclic) bond motifs is 1. The molecule has 2 heterocycles. The molecular formula is C15H12N2O4. The maximum Gasteiger partial charge on any atom is 0.354 e. The second-order valence-corrected chi connectivity index (χ2v) is 4.92. The molecule has 2 aromatic rings. The molecule has 6 nitrogen and oxygen atoms in total. The molecule has 1 aromatic carbocycles. The van der Waals surface area contributed by atoms with E-state index < -0.39 is 11.9 Å². The lowest BCUT2D eigenvalue weighted by Gasteiger charge is -2.22. The van der Waals surface area contributed by atoms with Crippen molar-refractivity contribution in [2.75, 3.05) is 0 Å². The summed E-state index contributed by atoms with van der Waals surface area (Å²) in [4.78, 5) is 38.2. The molecule has 1 aromatic heterocycles. The van der Waals surface area contributed by atoms with Crippen molar-refractivity contribution in [3.05, 3.63) is 41.6 Å². The van der Waals surface area contributed by atoms with Crippen molar-refractivity contribution >= 4 is 28.7 Å². The van der Waals surface area contributed by atoms with Crippen LogP contribution in [0.25, 0.3) is 10.9 Å². The van der Waals surface area contributed by atoms with Gasteiger partial charge >= 0.3 is 5.97 Å². The predicted molar refractivity (Wildman–Crippen MR) is 73.8 cm³/mol. The first kappa shape index (κ1) is 13.2. The minimum Gasteiger partial charge on any atom is -0.477 e. The molecule has 21 heavy (non-hydrogen) atoms. The highest BCUT2D eigenvalue weighted by Gasteiger charge is 2.29. The fraction of sp³-hybridized carbons (Fsp3) is 0.200. The minimum absolute atomic E-state index is 0.0390. The predicted octanol–water partition coefficient (Wildman–Crippen LogP) is 1.45. The van der Waals surface area contributed by atoms with E-state index in [2.05, 4.69) is 10.3 Å². The van der Waals surface area contributed by atoms with Gasteiger partial charge in [0.2, 0.25) is 11.8 Å². The summed E-state index contributed by atoms with van der Waals surface area (Å²) in [5, 5.41) is 12.0. The lowest BCUT2D eigenvalue weighted by atomic mass is 9.88. The maximum atomic E-state index is 12.0. The molecule has 6 heteroatoms. The number of carboxylic acid groups (broad SMARTS) is 1. The Balaban J connectivity index is 2.09. The SMILES string of the molecule is O=C1CCC(c2cccc3nc(C(=O)O)ccc23)C(=O)N1. The molecule has 1 aliphatic rings. The van der Waals surface area contributed by atoms with Gasteiger partial charge in [0.15, 0.2) is 0 Å². The van der Waals surface area contributed by atoms with E-state index in [4.69, 9.17) is 5.11 Å². The number of amides is 2. The van der Waals surface area contributed by atoms with Crippen molar-refractivity contribution in [2.45, 2.75) is 18.8 Å². The lowest BCUT2D eigenvalue weighted by Crippen LogP contribution is -2.39. The number of piperidine rings is 1. The number of carbonyl (C=O) groups is 3. The Labute approximate surface area is 119 Å². The Kier molecular flexibility index (Phi) is 3.13. The molecule has 0 radical (unpaired) electrons. The molecule has 1 fully saturated rings. The first-order chi connectivity index (χ1) is 10.1. The number of aromatic nitrogens is 1. The number of imide groups is 1. The molecule has 0 aliphatic carbocycles. The summed E-state index contributed by atoms with van der Waals surface area (Å²) in [7, 11) is 0.